The highest BCUT2D eigenvalue weighted by Gasteiger charge is 2.25. The van der Waals surface area contributed by atoms with Gasteiger partial charge in [-0.3, -0.25) is 10.1 Å². The molecule has 0 aliphatic carbocycles. The normalized spacial score (nSPS) is 20.5. The maximum Gasteiger partial charge on any atom is 0.407 e. The standard InChI is InChI=1S/C18H20N4O5/c23-18(24)20-6-4-12(5-7-20)14-10-15-13(9-16(14)22(25)26)11-19-21(15)17-3-1-2-8-27-17/h4,9-11,17H,1-3,5-8H2,(H,23,24). The summed E-state index contributed by atoms with van der Waals surface area (Å²) < 4.78 is 7.61. The number of nitro groups is 1. The zero-order chi connectivity index (χ0) is 19.0. The molecule has 3 heterocycles. The van der Waals surface area contributed by atoms with Crippen LogP contribution in [0.4, 0.5) is 10.5 Å². The largest absolute Gasteiger partial charge is 0.465 e. The molecule has 142 valence electrons. The maximum absolute atomic E-state index is 11.6. The average molecular weight is 372 g/mol. The Hall–Kier alpha value is -2.94. The zero-order valence-corrected chi connectivity index (χ0v) is 14.7. The quantitative estimate of drug-likeness (QED) is 0.653. The Balaban J connectivity index is 1.77. The minimum absolute atomic E-state index is 0.0154. The summed E-state index contributed by atoms with van der Waals surface area (Å²) in [4.78, 5) is 23.6. The molecule has 1 N–H and O–H groups in total. The van der Waals surface area contributed by atoms with Crippen LogP contribution in [-0.4, -0.2) is 50.5 Å². The zero-order valence-electron chi connectivity index (χ0n) is 14.7. The Bertz CT molecular complexity index is 929. The van der Waals surface area contributed by atoms with Crippen LogP contribution in [0.25, 0.3) is 16.5 Å². The lowest BCUT2D eigenvalue weighted by Crippen LogP contribution is -2.33. The number of hydrogen-bond acceptors (Lipinski definition) is 5. The number of fused-ring (bicyclic) bond motifs is 1. The Morgan fingerprint density at radius 2 is 2.22 bits per heavy atom. The van der Waals surface area contributed by atoms with Crippen LogP contribution in [0, 0.1) is 10.1 Å². The van der Waals surface area contributed by atoms with E-state index in [4.69, 9.17) is 9.84 Å². The third-order valence-electron chi connectivity index (χ3n) is 5.16. The first-order valence-electron chi connectivity index (χ1n) is 8.99. The van der Waals surface area contributed by atoms with Gasteiger partial charge in [0.05, 0.1) is 22.2 Å². The first kappa shape index (κ1) is 17.5. The molecule has 4 rings (SSSR count). The molecular weight excluding hydrogens is 352 g/mol. The van der Waals surface area contributed by atoms with Gasteiger partial charge in [-0.2, -0.15) is 5.10 Å². The van der Waals surface area contributed by atoms with Crippen molar-refractivity contribution in [1.29, 1.82) is 0 Å². The van der Waals surface area contributed by atoms with E-state index < -0.39 is 11.0 Å². The third kappa shape index (κ3) is 3.25. The van der Waals surface area contributed by atoms with Crippen molar-refractivity contribution in [1.82, 2.24) is 14.7 Å². The summed E-state index contributed by atoms with van der Waals surface area (Å²) in [5, 5.41) is 25.8. The number of hydrogen-bond donors (Lipinski definition) is 1. The summed E-state index contributed by atoms with van der Waals surface area (Å²) in [5.41, 5.74) is 2.12. The predicted octanol–water partition coefficient (Wildman–Crippen LogP) is 3.41. The molecule has 2 aliphatic heterocycles. The number of nitro benzene ring substituents is 1. The predicted molar refractivity (Wildman–Crippen MR) is 97.4 cm³/mol. The van der Waals surface area contributed by atoms with Crippen molar-refractivity contribution in [3.8, 4) is 0 Å². The number of aromatic nitrogens is 2. The van der Waals surface area contributed by atoms with E-state index in [1.54, 1.807) is 29.1 Å². The summed E-state index contributed by atoms with van der Waals surface area (Å²) >= 11 is 0. The molecule has 1 saturated heterocycles. The van der Waals surface area contributed by atoms with E-state index in [1.165, 1.54) is 4.90 Å². The van der Waals surface area contributed by atoms with Crippen molar-refractivity contribution in [3.05, 3.63) is 40.1 Å². The summed E-state index contributed by atoms with van der Waals surface area (Å²) in [6, 6.07) is 3.34. The van der Waals surface area contributed by atoms with Gasteiger partial charge in [-0.05, 0) is 37.3 Å². The van der Waals surface area contributed by atoms with Gasteiger partial charge in [0.2, 0.25) is 0 Å². The topological polar surface area (TPSA) is 111 Å². The van der Waals surface area contributed by atoms with Gasteiger partial charge in [-0.15, -0.1) is 0 Å². The molecule has 2 aromatic rings. The van der Waals surface area contributed by atoms with E-state index in [1.807, 2.05) is 0 Å². The second-order valence-electron chi connectivity index (χ2n) is 6.80. The van der Waals surface area contributed by atoms with Crippen molar-refractivity contribution in [2.75, 3.05) is 19.7 Å². The second kappa shape index (κ2) is 6.99. The van der Waals surface area contributed by atoms with Crippen LogP contribution >= 0.6 is 0 Å². The first-order valence-corrected chi connectivity index (χ1v) is 8.99. The van der Waals surface area contributed by atoms with Crippen molar-refractivity contribution in [2.45, 2.75) is 31.9 Å². The van der Waals surface area contributed by atoms with Gasteiger partial charge in [-0.1, -0.05) is 6.08 Å². The monoisotopic (exact) mass is 372 g/mol. The number of benzene rings is 1. The number of nitrogens with zero attached hydrogens (tertiary/aromatic N) is 4. The Morgan fingerprint density at radius 3 is 2.85 bits per heavy atom. The molecule has 0 radical (unpaired) electrons. The number of carboxylic acid groups (broad SMARTS) is 1. The molecule has 1 aromatic heterocycles. The smallest absolute Gasteiger partial charge is 0.407 e. The highest BCUT2D eigenvalue weighted by atomic mass is 16.6. The van der Waals surface area contributed by atoms with Crippen molar-refractivity contribution in [3.63, 3.8) is 0 Å². The summed E-state index contributed by atoms with van der Waals surface area (Å²) in [6.07, 6.45) is 5.62. The van der Waals surface area contributed by atoms with Gasteiger partial charge in [-0.25, -0.2) is 9.48 Å². The highest BCUT2D eigenvalue weighted by molar-refractivity contribution is 5.88. The van der Waals surface area contributed by atoms with Crippen LogP contribution in [0.5, 0.6) is 0 Å². The number of ether oxygens (including phenoxy) is 1. The number of rotatable bonds is 3. The van der Waals surface area contributed by atoms with Gasteiger partial charge in [0.15, 0.2) is 6.23 Å². The fourth-order valence-corrected chi connectivity index (χ4v) is 3.72. The number of carbonyl (C=O) groups is 1. The van der Waals surface area contributed by atoms with E-state index >= 15 is 0 Å². The van der Waals surface area contributed by atoms with Gasteiger partial charge in [0.25, 0.3) is 5.69 Å². The molecule has 1 aromatic carbocycles. The maximum atomic E-state index is 11.6. The first-order chi connectivity index (χ1) is 13.0. The van der Waals surface area contributed by atoms with E-state index in [-0.39, 0.29) is 18.5 Å². The summed E-state index contributed by atoms with van der Waals surface area (Å²) in [7, 11) is 0. The van der Waals surface area contributed by atoms with Gasteiger partial charge >= 0.3 is 6.09 Å². The molecule has 0 spiro atoms. The Morgan fingerprint density at radius 1 is 1.37 bits per heavy atom. The number of amides is 1. The summed E-state index contributed by atoms with van der Waals surface area (Å²) in [5.74, 6) is 0. The van der Waals surface area contributed by atoms with Gasteiger partial charge < -0.3 is 14.7 Å². The molecule has 0 bridgehead atoms. The van der Waals surface area contributed by atoms with Crippen molar-refractivity contribution < 1.29 is 19.6 Å². The van der Waals surface area contributed by atoms with E-state index in [0.717, 1.165) is 30.4 Å². The van der Waals surface area contributed by atoms with Crippen LogP contribution in [0.3, 0.4) is 0 Å². The molecule has 2 aliphatic rings. The molecule has 1 amide bonds. The lowest BCUT2D eigenvalue weighted by molar-refractivity contribution is -0.385. The third-order valence-corrected chi connectivity index (χ3v) is 5.16. The fraction of sp³-hybridized carbons (Fsp3) is 0.444. The van der Waals surface area contributed by atoms with Crippen molar-refractivity contribution >= 4 is 28.3 Å². The van der Waals surface area contributed by atoms with Crippen LogP contribution in [0.15, 0.2) is 24.4 Å². The Kier molecular flexibility index (Phi) is 4.53. The molecule has 27 heavy (non-hydrogen) atoms. The van der Waals surface area contributed by atoms with Crippen LogP contribution < -0.4 is 0 Å². The molecule has 0 saturated carbocycles. The molecule has 1 atom stereocenters. The minimum Gasteiger partial charge on any atom is -0.465 e. The SMILES string of the molecule is O=C(O)N1CC=C(c2cc3c(cnn3C3CCCCO3)cc2[N+](=O)[O-])CC1. The van der Waals surface area contributed by atoms with Crippen LogP contribution in [0.1, 0.15) is 37.5 Å². The minimum atomic E-state index is -0.984. The molecule has 1 fully saturated rings. The van der Waals surface area contributed by atoms with E-state index in [9.17, 15) is 14.9 Å². The van der Waals surface area contributed by atoms with Gasteiger partial charge in [0, 0.05) is 31.1 Å². The fourth-order valence-electron chi connectivity index (χ4n) is 3.72. The average Bonchev–Trinajstić information content (AvgIpc) is 3.10. The highest BCUT2D eigenvalue weighted by Crippen LogP contribution is 2.35. The van der Waals surface area contributed by atoms with E-state index in [2.05, 4.69) is 5.10 Å². The lowest BCUT2D eigenvalue weighted by Gasteiger charge is -2.25. The van der Waals surface area contributed by atoms with E-state index in [0.29, 0.717) is 30.5 Å². The van der Waals surface area contributed by atoms with Crippen LogP contribution in [0.2, 0.25) is 0 Å². The van der Waals surface area contributed by atoms with Crippen LogP contribution in [-0.2, 0) is 4.74 Å². The van der Waals surface area contributed by atoms with Crippen molar-refractivity contribution in [2.24, 2.45) is 0 Å². The summed E-state index contributed by atoms with van der Waals surface area (Å²) in [6.45, 7) is 1.23. The Labute approximate surface area is 155 Å². The molecule has 1 unspecified atom stereocenters. The van der Waals surface area contributed by atoms with Gasteiger partial charge in [0.1, 0.15) is 0 Å². The molecule has 9 heteroatoms. The second-order valence-corrected chi connectivity index (χ2v) is 6.80. The lowest BCUT2D eigenvalue weighted by atomic mass is 9.97. The molecular formula is C18H20N4O5. The molecule has 9 nitrogen and oxygen atoms in total.